The van der Waals surface area contributed by atoms with Gasteiger partial charge in [-0.3, -0.25) is 0 Å². The monoisotopic (exact) mass is 319 g/mol. The first-order valence-electron chi connectivity index (χ1n) is 7.97. The number of aliphatic imine (C=N–C) groups is 1. The molecule has 3 rings (SSSR count). The van der Waals surface area contributed by atoms with Gasteiger partial charge < -0.3 is 0 Å². The van der Waals surface area contributed by atoms with E-state index < -0.39 is 0 Å². The number of rotatable bonds is 3. The van der Waals surface area contributed by atoms with Crippen LogP contribution < -0.4 is 0 Å². The van der Waals surface area contributed by atoms with Crippen LogP contribution in [0.15, 0.2) is 59.1 Å². The number of hydrogen-bond acceptors (Lipinski definition) is 0. The second kappa shape index (κ2) is 6.64. The summed E-state index contributed by atoms with van der Waals surface area (Å²) in [6, 6.07) is 17.4. The second-order valence-corrected chi connectivity index (χ2v) is 7.13. The lowest BCUT2D eigenvalue weighted by Crippen LogP contribution is -2.08. The van der Waals surface area contributed by atoms with Crippen molar-refractivity contribution in [1.82, 2.24) is 0 Å². The van der Waals surface area contributed by atoms with Crippen LogP contribution in [0.2, 0.25) is 0 Å². The molecular weight excluding hydrogens is 297 g/mol. The minimum Gasteiger partial charge on any atom is -0.248 e. The molecule has 116 valence electrons. The van der Waals surface area contributed by atoms with E-state index >= 15 is 0 Å². The molecule has 2 aromatic rings. The van der Waals surface area contributed by atoms with Crippen molar-refractivity contribution < 1.29 is 0 Å². The molecule has 0 aliphatic heterocycles. The molecular formula is C21H22NP. The second-order valence-electron chi connectivity index (χ2n) is 6.03. The average Bonchev–Trinajstić information content (AvgIpc) is 2.90. The van der Waals surface area contributed by atoms with E-state index in [1.165, 1.54) is 41.6 Å². The van der Waals surface area contributed by atoms with Crippen molar-refractivity contribution in [3.63, 3.8) is 0 Å². The van der Waals surface area contributed by atoms with E-state index in [0.29, 0.717) is 0 Å². The summed E-state index contributed by atoms with van der Waals surface area (Å²) in [6.45, 7) is 8.59. The number of allylic oxidation sites excluding steroid dienone is 2. The maximum atomic E-state index is 4.97. The van der Waals surface area contributed by atoms with Crippen molar-refractivity contribution in [1.29, 1.82) is 0 Å². The molecule has 0 bridgehead atoms. The summed E-state index contributed by atoms with van der Waals surface area (Å²) in [5, 5.41) is 0. The molecule has 0 saturated heterocycles. The molecule has 0 N–H and O–H groups in total. The van der Waals surface area contributed by atoms with Gasteiger partial charge in [-0.15, -0.1) is 0 Å². The fraction of sp³-hybridized carbons (Fsp3) is 0.238. The van der Waals surface area contributed by atoms with Gasteiger partial charge in [0.25, 0.3) is 0 Å². The first-order chi connectivity index (χ1) is 11.1. The fourth-order valence-electron chi connectivity index (χ4n) is 3.02. The van der Waals surface area contributed by atoms with Crippen molar-refractivity contribution in [3.8, 4) is 0 Å². The zero-order valence-electron chi connectivity index (χ0n) is 14.2. The van der Waals surface area contributed by atoms with E-state index in [2.05, 4.69) is 76.0 Å². The van der Waals surface area contributed by atoms with Crippen molar-refractivity contribution in [3.05, 3.63) is 76.4 Å². The summed E-state index contributed by atoms with van der Waals surface area (Å²) in [4.78, 5) is 4.97. The van der Waals surface area contributed by atoms with Gasteiger partial charge in [0.15, 0.2) is 0 Å². The molecule has 0 fully saturated rings. The van der Waals surface area contributed by atoms with Gasteiger partial charge in [-0.05, 0) is 49.7 Å². The highest BCUT2D eigenvalue weighted by atomic mass is 31.1. The van der Waals surface area contributed by atoms with Crippen LogP contribution in [-0.2, 0) is 6.42 Å². The van der Waals surface area contributed by atoms with E-state index in [1.54, 1.807) is 0 Å². The number of aryl methyl sites for hydroxylation is 1. The van der Waals surface area contributed by atoms with Gasteiger partial charge in [0, 0.05) is 12.0 Å². The molecule has 0 saturated carbocycles. The third-order valence-electron chi connectivity index (χ3n) is 4.45. The molecule has 0 unspecified atom stereocenters. The molecule has 0 aromatic heterocycles. The Morgan fingerprint density at radius 3 is 2.35 bits per heavy atom. The quantitative estimate of drug-likeness (QED) is 0.520. The number of hydrogen-bond donors (Lipinski definition) is 0. The molecule has 0 atom stereocenters. The minimum atomic E-state index is 0.975. The molecule has 0 radical (unpaired) electrons. The maximum absolute atomic E-state index is 4.97. The predicted molar refractivity (Wildman–Crippen MR) is 104 cm³/mol. The fourth-order valence-corrected chi connectivity index (χ4v) is 3.22. The highest BCUT2D eigenvalue weighted by Crippen LogP contribution is 2.34. The Balaban J connectivity index is 2.13. The summed E-state index contributed by atoms with van der Waals surface area (Å²) in [5.41, 5.74) is 10.3. The first kappa shape index (κ1) is 15.9. The zero-order chi connectivity index (χ0) is 16.4. The SMILES string of the molecule is CP=C(C)N=C(C1=C(C)c2ccccc2C1)c1ccc(C)cc1. The van der Waals surface area contributed by atoms with Crippen LogP contribution in [0.4, 0.5) is 0 Å². The van der Waals surface area contributed by atoms with E-state index in [4.69, 9.17) is 4.99 Å². The Morgan fingerprint density at radius 1 is 1.00 bits per heavy atom. The van der Waals surface area contributed by atoms with Crippen LogP contribution in [0, 0.1) is 6.92 Å². The first-order valence-corrected chi connectivity index (χ1v) is 9.32. The molecule has 2 aromatic carbocycles. The van der Waals surface area contributed by atoms with Gasteiger partial charge in [0.1, 0.15) is 0 Å². The summed E-state index contributed by atoms with van der Waals surface area (Å²) in [6.07, 6.45) is 0.975. The molecule has 2 heteroatoms. The van der Waals surface area contributed by atoms with Crippen LogP contribution in [0.5, 0.6) is 0 Å². The normalized spacial score (nSPS) is 15.1. The zero-order valence-corrected chi connectivity index (χ0v) is 15.1. The third kappa shape index (κ3) is 3.21. The molecule has 0 spiro atoms. The highest BCUT2D eigenvalue weighted by Gasteiger charge is 2.22. The van der Waals surface area contributed by atoms with Crippen LogP contribution in [0.3, 0.4) is 0 Å². The lowest BCUT2D eigenvalue weighted by Gasteiger charge is -2.11. The lowest BCUT2D eigenvalue weighted by molar-refractivity contribution is 1.26. The molecule has 0 heterocycles. The molecule has 1 aliphatic carbocycles. The Bertz CT molecular complexity index is 823. The van der Waals surface area contributed by atoms with Crippen LogP contribution in [0.25, 0.3) is 5.57 Å². The van der Waals surface area contributed by atoms with Gasteiger partial charge >= 0.3 is 0 Å². The largest absolute Gasteiger partial charge is 0.248 e. The van der Waals surface area contributed by atoms with Gasteiger partial charge in [-0.2, -0.15) is 0 Å². The number of fused-ring (bicyclic) bond motifs is 1. The number of benzene rings is 2. The Morgan fingerprint density at radius 2 is 1.70 bits per heavy atom. The molecule has 1 nitrogen and oxygen atoms in total. The van der Waals surface area contributed by atoms with Gasteiger partial charge in [0.05, 0.1) is 11.1 Å². The van der Waals surface area contributed by atoms with Gasteiger partial charge in [-0.25, -0.2) is 4.99 Å². The lowest BCUT2D eigenvalue weighted by atomic mass is 9.97. The Kier molecular flexibility index (Phi) is 4.59. The average molecular weight is 319 g/mol. The smallest absolute Gasteiger partial charge is 0.0747 e. The highest BCUT2D eigenvalue weighted by molar-refractivity contribution is 7.39. The summed E-state index contributed by atoms with van der Waals surface area (Å²) >= 11 is 0. The molecule has 0 amide bonds. The third-order valence-corrected chi connectivity index (χ3v) is 5.20. The summed E-state index contributed by atoms with van der Waals surface area (Å²) < 4.78 is 0. The van der Waals surface area contributed by atoms with Crippen molar-refractivity contribution in [2.45, 2.75) is 27.2 Å². The van der Waals surface area contributed by atoms with E-state index in [0.717, 1.165) is 17.5 Å². The van der Waals surface area contributed by atoms with Gasteiger partial charge in [-0.1, -0.05) is 62.3 Å². The maximum Gasteiger partial charge on any atom is 0.0747 e. The van der Waals surface area contributed by atoms with Crippen molar-refractivity contribution in [2.24, 2.45) is 4.99 Å². The topological polar surface area (TPSA) is 12.4 Å². The van der Waals surface area contributed by atoms with Crippen LogP contribution in [0.1, 0.15) is 36.1 Å². The van der Waals surface area contributed by atoms with Crippen LogP contribution in [-0.4, -0.2) is 17.8 Å². The van der Waals surface area contributed by atoms with E-state index in [1.807, 2.05) is 0 Å². The van der Waals surface area contributed by atoms with Crippen molar-refractivity contribution in [2.75, 3.05) is 6.66 Å². The predicted octanol–water partition coefficient (Wildman–Crippen LogP) is 5.54. The van der Waals surface area contributed by atoms with Gasteiger partial charge in [0.2, 0.25) is 0 Å². The Labute approximate surface area is 140 Å². The van der Waals surface area contributed by atoms with Crippen molar-refractivity contribution >= 4 is 24.9 Å². The summed E-state index contributed by atoms with van der Waals surface area (Å²) in [7, 11) is 1.22. The molecule has 23 heavy (non-hydrogen) atoms. The standard InChI is InChI=1S/C21H22NP/c1-14-9-11-17(12-10-14)21(22-16(3)23-4)20-13-18-7-5-6-8-19(18)15(20)2/h5-12H,13H2,1-4H3. The summed E-state index contributed by atoms with van der Waals surface area (Å²) in [5.74, 6) is 0. The van der Waals surface area contributed by atoms with Crippen LogP contribution >= 0.6 is 8.20 Å². The van der Waals surface area contributed by atoms with E-state index in [9.17, 15) is 0 Å². The minimum absolute atomic E-state index is 0.975. The Hall–Kier alpha value is -1.98. The van der Waals surface area contributed by atoms with E-state index in [-0.39, 0.29) is 0 Å². The number of nitrogens with zero attached hydrogens (tertiary/aromatic N) is 1. The molecule has 1 aliphatic rings.